The summed E-state index contributed by atoms with van der Waals surface area (Å²) in [4.78, 5) is 36.9. The number of pyridine rings is 1. The van der Waals surface area contributed by atoms with Gasteiger partial charge in [-0.25, -0.2) is 9.97 Å². The van der Waals surface area contributed by atoms with Gasteiger partial charge in [-0.15, -0.1) is 11.3 Å². The Bertz CT molecular complexity index is 1440. The molecule has 5 rings (SSSR count). The zero-order valence-electron chi connectivity index (χ0n) is 17.6. The van der Waals surface area contributed by atoms with Crippen molar-refractivity contribution in [3.63, 3.8) is 0 Å². The molecule has 0 saturated carbocycles. The predicted molar refractivity (Wildman–Crippen MR) is 131 cm³/mol. The number of aromatic amines is 1. The van der Waals surface area contributed by atoms with Crippen LogP contribution < -0.4 is 10.6 Å². The first-order valence-electron chi connectivity index (χ1n) is 10.2. The highest BCUT2D eigenvalue weighted by molar-refractivity contribution is 7.13. The Morgan fingerprint density at radius 3 is 2.61 bits per heavy atom. The normalized spacial score (nSPS) is 10.8. The van der Waals surface area contributed by atoms with Crippen molar-refractivity contribution in [1.82, 2.24) is 15.0 Å². The third-order valence-corrected chi connectivity index (χ3v) is 5.94. The first-order chi connectivity index (χ1) is 16.0. The number of imidazole rings is 1. The van der Waals surface area contributed by atoms with Gasteiger partial charge >= 0.3 is 0 Å². The lowest BCUT2D eigenvalue weighted by molar-refractivity contribution is -0.114. The van der Waals surface area contributed by atoms with Gasteiger partial charge in [0.25, 0.3) is 5.91 Å². The Balaban J connectivity index is 1.33. The molecule has 8 heteroatoms. The Labute approximate surface area is 193 Å². The van der Waals surface area contributed by atoms with E-state index in [1.165, 1.54) is 13.1 Å². The van der Waals surface area contributed by atoms with E-state index in [1.807, 2.05) is 48.5 Å². The molecule has 0 bridgehead atoms. The van der Waals surface area contributed by atoms with Crippen LogP contribution in [-0.2, 0) is 4.79 Å². The number of nitrogens with zero attached hydrogens (tertiary/aromatic N) is 2. The summed E-state index contributed by atoms with van der Waals surface area (Å²) in [7, 11) is 0. The van der Waals surface area contributed by atoms with Crippen LogP contribution in [0, 0.1) is 0 Å². The fourth-order valence-corrected chi connectivity index (χ4v) is 4.30. The number of hydrogen-bond donors (Lipinski definition) is 3. The van der Waals surface area contributed by atoms with E-state index in [9.17, 15) is 9.59 Å². The lowest BCUT2D eigenvalue weighted by Gasteiger charge is -2.07. The lowest BCUT2D eigenvalue weighted by Crippen LogP contribution is -2.13. The molecule has 0 aliphatic rings. The number of para-hydroxylation sites is 2. The Kier molecular flexibility index (Phi) is 5.42. The summed E-state index contributed by atoms with van der Waals surface area (Å²) in [6.07, 6.45) is 1.43. The molecule has 0 aliphatic heterocycles. The molecule has 0 saturated heterocycles. The van der Waals surface area contributed by atoms with Crippen LogP contribution in [0.3, 0.4) is 0 Å². The number of anilines is 2. The van der Waals surface area contributed by atoms with Crippen LogP contribution in [0.1, 0.15) is 17.3 Å². The Morgan fingerprint density at radius 1 is 0.939 bits per heavy atom. The summed E-state index contributed by atoms with van der Waals surface area (Å²) in [5.74, 6) is 0.751. The molecule has 0 aliphatic carbocycles. The van der Waals surface area contributed by atoms with Gasteiger partial charge in [-0.1, -0.05) is 24.3 Å². The van der Waals surface area contributed by atoms with E-state index in [4.69, 9.17) is 0 Å². The van der Waals surface area contributed by atoms with Gasteiger partial charge < -0.3 is 15.6 Å². The molecule has 2 aromatic carbocycles. The summed E-state index contributed by atoms with van der Waals surface area (Å²) < 4.78 is 0. The number of amides is 2. The first-order valence-corrected chi connectivity index (χ1v) is 11.1. The minimum Gasteiger partial charge on any atom is -0.337 e. The number of carbonyl (C=O) groups excluding carboxylic acids is 2. The topological polar surface area (TPSA) is 99.8 Å². The van der Waals surface area contributed by atoms with E-state index < -0.39 is 0 Å². The van der Waals surface area contributed by atoms with Crippen LogP contribution in [0.25, 0.3) is 32.9 Å². The van der Waals surface area contributed by atoms with Crippen LogP contribution in [0.2, 0.25) is 0 Å². The van der Waals surface area contributed by atoms with Gasteiger partial charge in [0.15, 0.2) is 0 Å². The minimum atomic E-state index is -0.276. The molecule has 2 amide bonds. The highest BCUT2D eigenvalue weighted by Crippen LogP contribution is 2.33. The number of thiophene rings is 1. The number of aromatic nitrogens is 3. The van der Waals surface area contributed by atoms with Gasteiger partial charge in [0, 0.05) is 18.8 Å². The zero-order valence-corrected chi connectivity index (χ0v) is 18.4. The Hall–Kier alpha value is -4.30. The highest BCUT2D eigenvalue weighted by Gasteiger charge is 2.11. The molecule has 0 atom stereocenters. The highest BCUT2D eigenvalue weighted by atomic mass is 32.1. The second-order valence-corrected chi connectivity index (χ2v) is 8.36. The van der Waals surface area contributed by atoms with Crippen molar-refractivity contribution >= 4 is 45.7 Å². The summed E-state index contributed by atoms with van der Waals surface area (Å²) in [6.45, 7) is 1.41. The molecule has 5 aromatic rings. The second-order valence-electron chi connectivity index (χ2n) is 7.45. The van der Waals surface area contributed by atoms with E-state index in [1.54, 1.807) is 23.5 Å². The standard InChI is InChI=1S/C25H19N5O2S/c1-15(31)27-23-10-9-17(13-26-23)25(32)28-19-6-4-5-16(11-19)18-12-22(33-14-18)24-29-20-7-2-3-8-21(20)30-24/h2-14H,1H3,(H,28,32)(H,29,30)(H,26,27,31). The SMILES string of the molecule is CC(=O)Nc1ccc(C(=O)Nc2cccc(-c3csc(-c4nc5ccccc5[nH]4)c3)c2)cn1. The fraction of sp³-hybridized carbons (Fsp3) is 0.0400. The summed E-state index contributed by atoms with van der Waals surface area (Å²) in [5, 5.41) is 7.56. The van der Waals surface area contributed by atoms with Gasteiger partial charge in [0.2, 0.25) is 5.91 Å². The van der Waals surface area contributed by atoms with Crippen LogP contribution in [0.15, 0.2) is 78.3 Å². The third kappa shape index (κ3) is 4.51. The fourth-order valence-electron chi connectivity index (χ4n) is 3.44. The number of carbonyl (C=O) groups is 2. The number of H-pyrrole nitrogens is 1. The number of rotatable bonds is 5. The molecule has 3 aromatic heterocycles. The molecular weight excluding hydrogens is 434 g/mol. The van der Waals surface area contributed by atoms with Gasteiger partial charge in [0.1, 0.15) is 11.6 Å². The molecule has 33 heavy (non-hydrogen) atoms. The number of nitrogens with one attached hydrogen (secondary N) is 3. The van der Waals surface area contributed by atoms with Gasteiger partial charge in [0.05, 0.1) is 21.5 Å². The molecule has 3 heterocycles. The molecule has 0 spiro atoms. The average Bonchev–Trinajstić information content (AvgIpc) is 3.47. The monoisotopic (exact) mass is 453 g/mol. The summed E-state index contributed by atoms with van der Waals surface area (Å²) >= 11 is 1.62. The molecule has 0 radical (unpaired) electrons. The van der Waals surface area contributed by atoms with E-state index in [2.05, 4.69) is 37.0 Å². The van der Waals surface area contributed by atoms with Crippen molar-refractivity contribution in [1.29, 1.82) is 0 Å². The van der Waals surface area contributed by atoms with Crippen molar-refractivity contribution in [2.24, 2.45) is 0 Å². The average molecular weight is 454 g/mol. The van der Waals surface area contributed by atoms with E-state index >= 15 is 0 Å². The van der Waals surface area contributed by atoms with Crippen molar-refractivity contribution < 1.29 is 9.59 Å². The van der Waals surface area contributed by atoms with E-state index in [0.29, 0.717) is 17.1 Å². The minimum absolute atomic E-state index is 0.214. The van der Waals surface area contributed by atoms with Crippen LogP contribution >= 0.6 is 11.3 Å². The predicted octanol–water partition coefficient (Wildman–Crippen LogP) is 5.56. The van der Waals surface area contributed by atoms with Crippen LogP contribution in [0.5, 0.6) is 0 Å². The first kappa shape index (κ1) is 20.6. The third-order valence-electron chi connectivity index (χ3n) is 5.01. The maximum absolute atomic E-state index is 12.6. The summed E-state index contributed by atoms with van der Waals surface area (Å²) in [5.41, 5.74) is 5.06. The second kappa shape index (κ2) is 8.68. The molecular formula is C25H19N5O2S. The Morgan fingerprint density at radius 2 is 1.82 bits per heavy atom. The summed E-state index contributed by atoms with van der Waals surface area (Å²) in [6, 6.07) is 20.9. The van der Waals surface area contributed by atoms with Gasteiger partial charge in [-0.05, 0) is 59.0 Å². The molecule has 3 N–H and O–H groups in total. The molecule has 0 fully saturated rings. The largest absolute Gasteiger partial charge is 0.337 e. The van der Waals surface area contributed by atoms with E-state index in [-0.39, 0.29) is 11.8 Å². The zero-order chi connectivity index (χ0) is 22.8. The van der Waals surface area contributed by atoms with Gasteiger partial charge in [-0.3, -0.25) is 9.59 Å². The smallest absolute Gasteiger partial charge is 0.257 e. The molecule has 0 unspecified atom stereocenters. The number of fused-ring (bicyclic) bond motifs is 1. The van der Waals surface area contributed by atoms with Crippen LogP contribution in [0.4, 0.5) is 11.5 Å². The maximum Gasteiger partial charge on any atom is 0.257 e. The van der Waals surface area contributed by atoms with E-state index in [0.717, 1.165) is 32.9 Å². The number of hydrogen-bond acceptors (Lipinski definition) is 5. The lowest BCUT2D eigenvalue weighted by atomic mass is 10.1. The quantitative estimate of drug-likeness (QED) is 0.324. The van der Waals surface area contributed by atoms with Crippen molar-refractivity contribution in [2.75, 3.05) is 10.6 Å². The van der Waals surface area contributed by atoms with Crippen molar-refractivity contribution in [2.45, 2.75) is 6.92 Å². The van der Waals surface area contributed by atoms with Crippen molar-refractivity contribution in [3.8, 4) is 21.8 Å². The van der Waals surface area contributed by atoms with Crippen LogP contribution in [-0.4, -0.2) is 26.8 Å². The maximum atomic E-state index is 12.6. The molecule has 162 valence electrons. The molecule has 7 nitrogen and oxygen atoms in total. The number of benzene rings is 2. The van der Waals surface area contributed by atoms with Gasteiger partial charge in [-0.2, -0.15) is 0 Å². The van der Waals surface area contributed by atoms with Crippen molar-refractivity contribution in [3.05, 3.63) is 83.9 Å².